The van der Waals surface area contributed by atoms with Gasteiger partial charge < -0.3 is 5.32 Å². The molecule has 0 saturated carbocycles. The molecular formula is C20H25ClN2O3S. The summed E-state index contributed by atoms with van der Waals surface area (Å²) in [6.07, 6.45) is 0. The number of aryl methyl sites for hydroxylation is 1. The number of sulfonamides is 1. The molecule has 2 aromatic carbocycles. The van der Waals surface area contributed by atoms with Gasteiger partial charge >= 0.3 is 0 Å². The number of nitrogens with one attached hydrogen (secondary N) is 1. The number of amides is 1. The number of carbonyl (C=O) groups is 1. The second-order valence-electron chi connectivity index (χ2n) is 6.85. The molecule has 0 fully saturated rings. The summed E-state index contributed by atoms with van der Waals surface area (Å²) < 4.78 is 27.7. The second kappa shape index (κ2) is 8.76. The number of rotatable bonds is 7. The van der Waals surface area contributed by atoms with Crippen LogP contribution in [0, 0.1) is 12.8 Å². The zero-order chi connectivity index (χ0) is 20.2. The highest BCUT2D eigenvalue weighted by atomic mass is 35.5. The van der Waals surface area contributed by atoms with Crippen molar-refractivity contribution in [3.63, 3.8) is 0 Å². The normalized spacial score (nSPS) is 12.7. The Morgan fingerprint density at radius 1 is 1.07 bits per heavy atom. The van der Waals surface area contributed by atoms with Crippen LogP contribution in [0.5, 0.6) is 0 Å². The fourth-order valence-corrected chi connectivity index (χ4v) is 4.08. The van der Waals surface area contributed by atoms with Crippen LogP contribution < -0.4 is 9.62 Å². The van der Waals surface area contributed by atoms with Crippen molar-refractivity contribution >= 4 is 33.2 Å². The average molecular weight is 409 g/mol. The molecule has 1 amide bonds. The Labute approximate surface area is 166 Å². The summed E-state index contributed by atoms with van der Waals surface area (Å²) in [4.78, 5) is 12.6. The highest BCUT2D eigenvalue weighted by Gasteiger charge is 2.28. The lowest BCUT2D eigenvalue weighted by molar-refractivity contribution is -0.120. The molecule has 0 aliphatic carbocycles. The van der Waals surface area contributed by atoms with Crippen molar-refractivity contribution < 1.29 is 13.2 Å². The summed E-state index contributed by atoms with van der Waals surface area (Å²) in [5, 5.41) is 3.31. The molecule has 27 heavy (non-hydrogen) atoms. The number of anilines is 1. The molecule has 0 aliphatic heterocycles. The molecule has 1 N–H and O–H groups in total. The topological polar surface area (TPSA) is 66.5 Å². The van der Waals surface area contributed by atoms with E-state index in [2.05, 4.69) is 5.32 Å². The standard InChI is InChI=1S/C20H25ClN2O3S/c1-14(2)16(4)22-20(24)13-23(19-8-6-5-7-15(19)3)27(25,26)18-11-9-17(21)10-12-18/h5-12,14,16H,13H2,1-4H3,(H,22,24). The summed E-state index contributed by atoms with van der Waals surface area (Å²) in [6.45, 7) is 7.40. The summed E-state index contributed by atoms with van der Waals surface area (Å²) >= 11 is 5.88. The van der Waals surface area contributed by atoms with Crippen molar-refractivity contribution in [1.82, 2.24) is 5.32 Å². The van der Waals surface area contributed by atoms with E-state index in [0.29, 0.717) is 10.7 Å². The molecule has 7 heteroatoms. The maximum atomic E-state index is 13.3. The van der Waals surface area contributed by atoms with Gasteiger partial charge in [-0.3, -0.25) is 9.10 Å². The number of carbonyl (C=O) groups excluding carboxylic acids is 1. The zero-order valence-corrected chi connectivity index (χ0v) is 17.5. The Morgan fingerprint density at radius 3 is 2.22 bits per heavy atom. The number of nitrogens with zero attached hydrogens (tertiary/aromatic N) is 1. The van der Waals surface area contributed by atoms with E-state index in [-0.39, 0.29) is 29.3 Å². The Balaban J connectivity index is 2.43. The third-order valence-corrected chi connectivity index (χ3v) is 6.49. The van der Waals surface area contributed by atoms with Gasteiger partial charge in [-0.15, -0.1) is 0 Å². The van der Waals surface area contributed by atoms with E-state index in [1.54, 1.807) is 12.1 Å². The SMILES string of the molecule is Cc1ccccc1N(CC(=O)NC(C)C(C)C)S(=O)(=O)c1ccc(Cl)cc1. The first-order valence-corrected chi connectivity index (χ1v) is 10.6. The molecular weight excluding hydrogens is 384 g/mol. The first-order valence-electron chi connectivity index (χ1n) is 8.76. The molecule has 0 aromatic heterocycles. The number of para-hydroxylation sites is 1. The Kier molecular flexibility index (Phi) is 6.89. The van der Waals surface area contributed by atoms with E-state index in [1.807, 2.05) is 39.8 Å². The third-order valence-electron chi connectivity index (χ3n) is 4.46. The van der Waals surface area contributed by atoms with Crippen molar-refractivity contribution in [2.24, 2.45) is 5.92 Å². The summed E-state index contributed by atoms with van der Waals surface area (Å²) in [5.41, 5.74) is 1.24. The predicted molar refractivity (Wildman–Crippen MR) is 110 cm³/mol. The van der Waals surface area contributed by atoms with Crippen molar-refractivity contribution in [3.8, 4) is 0 Å². The minimum atomic E-state index is -3.93. The van der Waals surface area contributed by atoms with Crippen LogP contribution >= 0.6 is 11.6 Å². The zero-order valence-electron chi connectivity index (χ0n) is 15.9. The van der Waals surface area contributed by atoms with E-state index < -0.39 is 10.0 Å². The number of benzene rings is 2. The molecule has 1 atom stereocenters. The molecule has 2 rings (SSSR count). The van der Waals surface area contributed by atoms with Crippen LogP contribution in [0.1, 0.15) is 26.3 Å². The van der Waals surface area contributed by atoms with Crippen LogP contribution in [-0.2, 0) is 14.8 Å². The smallest absolute Gasteiger partial charge is 0.264 e. The van der Waals surface area contributed by atoms with Gasteiger partial charge in [-0.05, 0) is 55.7 Å². The van der Waals surface area contributed by atoms with Gasteiger partial charge in [-0.25, -0.2) is 8.42 Å². The Hall–Kier alpha value is -2.05. The largest absolute Gasteiger partial charge is 0.352 e. The summed E-state index contributed by atoms with van der Waals surface area (Å²) in [5.74, 6) is -0.106. The quantitative estimate of drug-likeness (QED) is 0.752. The molecule has 1 unspecified atom stereocenters. The predicted octanol–water partition coefficient (Wildman–Crippen LogP) is 4.00. The highest BCUT2D eigenvalue weighted by molar-refractivity contribution is 7.92. The van der Waals surface area contributed by atoms with Crippen LogP contribution in [0.4, 0.5) is 5.69 Å². The molecule has 0 heterocycles. The van der Waals surface area contributed by atoms with E-state index >= 15 is 0 Å². The lowest BCUT2D eigenvalue weighted by Crippen LogP contribution is -2.45. The minimum Gasteiger partial charge on any atom is -0.352 e. The molecule has 0 bridgehead atoms. The lowest BCUT2D eigenvalue weighted by atomic mass is 10.1. The van der Waals surface area contributed by atoms with Crippen LogP contribution in [-0.4, -0.2) is 26.9 Å². The van der Waals surface area contributed by atoms with Gasteiger partial charge in [-0.2, -0.15) is 0 Å². The van der Waals surface area contributed by atoms with Crippen molar-refractivity contribution in [2.75, 3.05) is 10.8 Å². The molecule has 2 aromatic rings. The van der Waals surface area contributed by atoms with Crippen molar-refractivity contribution in [2.45, 2.75) is 38.6 Å². The maximum absolute atomic E-state index is 13.3. The van der Waals surface area contributed by atoms with Gasteiger partial charge in [0.05, 0.1) is 10.6 Å². The number of hydrogen-bond donors (Lipinski definition) is 1. The van der Waals surface area contributed by atoms with Gasteiger partial charge in [0.15, 0.2) is 0 Å². The van der Waals surface area contributed by atoms with Gasteiger partial charge in [0, 0.05) is 11.1 Å². The van der Waals surface area contributed by atoms with Gasteiger partial charge in [0.25, 0.3) is 10.0 Å². The molecule has 0 spiro atoms. The van der Waals surface area contributed by atoms with Crippen LogP contribution in [0.15, 0.2) is 53.4 Å². The van der Waals surface area contributed by atoms with Gasteiger partial charge in [0.2, 0.25) is 5.91 Å². The van der Waals surface area contributed by atoms with Gasteiger partial charge in [0.1, 0.15) is 6.54 Å². The third kappa shape index (κ3) is 5.23. The first-order chi connectivity index (χ1) is 12.6. The molecule has 0 radical (unpaired) electrons. The first kappa shape index (κ1) is 21.3. The summed E-state index contributed by atoms with van der Waals surface area (Å²) in [7, 11) is -3.93. The minimum absolute atomic E-state index is 0.0607. The molecule has 146 valence electrons. The van der Waals surface area contributed by atoms with E-state index in [1.165, 1.54) is 24.3 Å². The lowest BCUT2D eigenvalue weighted by Gasteiger charge is -2.27. The summed E-state index contributed by atoms with van der Waals surface area (Å²) in [6, 6.07) is 12.9. The fraction of sp³-hybridized carbons (Fsp3) is 0.350. The second-order valence-corrected chi connectivity index (χ2v) is 9.15. The molecule has 5 nitrogen and oxygen atoms in total. The number of halogens is 1. The monoisotopic (exact) mass is 408 g/mol. The van der Waals surface area contributed by atoms with E-state index in [9.17, 15) is 13.2 Å². The molecule has 0 aliphatic rings. The maximum Gasteiger partial charge on any atom is 0.264 e. The van der Waals surface area contributed by atoms with Crippen LogP contribution in [0.2, 0.25) is 5.02 Å². The Morgan fingerprint density at radius 2 is 1.67 bits per heavy atom. The van der Waals surface area contributed by atoms with Gasteiger partial charge in [-0.1, -0.05) is 43.6 Å². The highest BCUT2D eigenvalue weighted by Crippen LogP contribution is 2.27. The number of hydrogen-bond acceptors (Lipinski definition) is 3. The Bertz CT molecular complexity index is 896. The van der Waals surface area contributed by atoms with E-state index in [4.69, 9.17) is 11.6 Å². The fourth-order valence-electron chi connectivity index (χ4n) is 2.47. The molecule has 0 saturated heterocycles. The van der Waals surface area contributed by atoms with Crippen LogP contribution in [0.25, 0.3) is 0 Å². The average Bonchev–Trinajstić information content (AvgIpc) is 2.60. The van der Waals surface area contributed by atoms with Crippen molar-refractivity contribution in [1.29, 1.82) is 0 Å². The van der Waals surface area contributed by atoms with Crippen LogP contribution in [0.3, 0.4) is 0 Å². The van der Waals surface area contributed by atoms with Crippen molar-refractivity contribution in [3.05, 3.63) is 59.1 Å². The van der Waals surface area contributed by atoms with E-state index in [0.717, 1.165) is 9.87 Å².